The average Bonchev–Trinajstić information content (AvgIpc) is 3.81. The molecule has 1 fully saturated rings. The second-order valence-corrected chi connectivity index (χ2v) is 14.9. The summed E-state index contributed by atoms with van der Waals surface area (Å²) in [7, 11) is 0. The molecule has 4 aromatic rings. The molecule has 3 atom stereocenters. The Morgan fingerprint density at radius 3 is 2.30 bits per heavy atom. The number of alkyl halides is 6. The molecule has 5 rings (SSSR count). The maximum atomic E-state index is 14.9. The molecule has 1 aliphatic heterocycles. The van der Waals surface area contributed by atoms with Crippen LogP contribution in [0, 0.1) is 5.41 Å². The molecule has 2 amide bonds. The van der Waals surface area contributed by atoms with Crippen LogP contribution in [0.5, 0.6) is 0 Å². The number of nitrogens with one attached hydrogen (secondary N) is 2. The number of benzene rings is 2. The van der Waals surface area contributed by atoms with Crippen LogP contribution in [-0.4, -0.2) is 61.1 Å². The Bertz CT molecular complexity index is 1930. The number of hydrogen-bond acceptors (Lipinski definition) is 7. The van der Waals surface area contributed by atoms with Gasteiger partial charge in [-0.25, -0.2) is 23.2 Å². The van der Waals surface area contributed by atoms with E-state index in [9.17, 15) is 35.9 Å². The largest absolute Gasteiger partial charge is 0.447 e. The standard InChI is InChI=1S/C35H39ClF6N8O3/c1-33(2,3)18-35(22-9-6-19(7-10-22)21-15-45-49(16-21)30(41)42)28(51)50(31(43)46-35)25(17-53-32(52)47-34(4,5)27(37)38)20-8-11-24(36)23(14-20)26-44-12-13-48(26)29(39)40/h6-16,25,27,29-31,46H,17-18,43H2,1-5H3,(H,47,52)/t25-,31?,35-/m1/s1. The van der Waals surface area contributed by atoms with Crippen molar-refractivity contribution in [1.29, 1.82) is 0 Å². The second kappa shape index (κ2) is 15.0. The Balaban J connectivity index is 1.58. The summed E-state index contributed by atoms with van der Waals surface area (Å²) in [6, 6.07) is 9.74. The fraction of sp³-hybridized carbons (Fsp3) is 0.429. The Morgan fingerprint density at radius 1 is 1.04 bits per heavy atom. The van der Waals surface area contributed by atoms with Crippen LogP contribution in [0.4, 0.5) is 31.1 Å². The third-order valence-corrected chi connectivity index (χ3v) is 9.10. The monoisotopic (exact) mass is 768 g/mol. The lowest BCUT2D eigenvalue weighted by Gasteiger charge is -2.35. The molecule has 1 saturated heterocycles. The van der Waals surface area contributed by atoms with Gasteiger partial charge in [0.2, 0.25) is 0 Å². The molecule has 11 nitrogen and oxygen atoms in total. The van der Waals surface area contributed by atoms with Gasteiger partial charge in [-0.1, -0.05) is 62.7 Å². The highest BCUT2D eigenvalue weighted by Gasteiger charge is 2.55. The summed E-state index contributed by atoms with van der Waals surface area (Å²) in [5.74, 6) is -0.731. The number of aromatic nitrogens is 4. The summed E-state index contributed by atoms with van der Waals surface area (Å²) >= 11 is 6.46. The third kappa shape index (κ3) is 8.31. The van der Waals surface area contributed by atoms with Gasteiger partial charge in [-0.15, -0.1) is 0 Å². The number of rotatable bonds is 12. The minimum Gasteiger partial charge on any atom is -0.447 e. The Hall–Kier alpha value is -4.61. The summed E-state index contributed by atoms with van der Waals surface area (Å²) in [5, 5.41) is 9.07. The van der Waals surface area contributed by atoms with Gasteiger partial charge in [-0.2, -0.15) is 22.7 Å². The molecular weight excluding hydrogens is 730 g/mol. The van der Waals surface area contributed by atoms with Gasteiger partial charge >= 0.3 is 19.2 Å². The van der Waals surface area contributed by atoms with Gasteiger partial charge in [-0.3, -0.25) is 20.4 Å². The van der Waals surface area contributed by atoms with Crippen molar-refractivity contribution in [2.75, 3.05) is 6.61 Å². The Morgan fingerprint density at radius 2 is 1.72 bits per heavy atom. The Kier molecular flexibility index (Phi) is 11.2. The van der Waals surface area contributed by atoms with Gasteiger partial charge in [0.05, 0.1) is 22.8 Å². The first-order chi connectivity index (χ1) is 24.7. The molecule has 0 bridgehead atoms. The van der Waals surface area contributed by atoms with E-state index in [0.717, 1.165) is 20.0 Å². The quantitative estimate of drug-likeness (QED) is 0.126. The first kappa shape index (κ1) is 39.6. The molecule has 18 heteroatoms. The lowest BCUT2D eigenvalue weighted by molar-refractivity contribution is -0.137. The van der Waals surface area contributed by atoms with E-state index < -0.39 is 67.0 Å². The van der Waals surface area contributed by atoms with Crippen LogP contribution >= 0.6 is 11.6 Å². The second-order valence-electron chi connectivity index (χ2n) is 14.4. The number of amides is 2. The molecule has 286 valence electrons. The summed E-state index contributed by atoms with van der Waals surface area (Å²) in [6.45, 7) is 1.56. The van der Waals surface area contributed by atoms with Crippen molar-refractivity contribution in [3.63, 3.8) is 0 Å². The zero-order valence-electron chi connectivity index (χ0n) is 29.3. The maximum Gasteiger partial charge on any atom is 0.407 e. The molecule has 1 unspecified atom stereocenters. The average molecular weight is 769 g/mol. The van der Waals surface area contributed by atoms with E-state index >= 15 is 0 Å². The van der Waals surface area contributed by atoms with Crippen molar-refractivity contribution in [2.45, 2.75) is 84.0 Å². The van der Waals surface area contributed by atoms with E-state index in [1.165, 1.54) is 41.7 Å². The van der Waals surface area contributed by atoms with E-state index in [2.05, 4.69) is 20.7 Å². The highest BCUT2D eigenvalue weighted by atomic mass is 35.5. The smallest absolute Gasteiger partial charge is 0.407 e. The highest BCUT2D eigenvalue weighted by Crippen LogP contribution is 2.44. The number of nitrogens with two attached hydrogens (primary N) is 1. The van der Waals surface area contributed by atoms with Crippen molar-refractivity contribution < 1.29 is 40.7 Å². The van der Waals surface area contributed by atoms with Gasteiger partial charge in [0, 0.05) is 29.7 Å². The van der Waals surface area contributed by atoms with Crippen LogP contribution in [-0.2, 0) is 15.1 Å². The number of halogens is 7. The molecule has 2 aromatic heterocycles. The fourth-order valence-electron chi connectivity index (χ4n) is 6.28. The SMILES string of the molecule is CC(C)(C)C[C@]1(c2ccc(-c3cnn(C(F)F)c3)cc2)NC(N)N([C@H](COC(=O)NC(C)(C)C(F)F)c2ccc(Cl)c(-c3nccn3C(F)F)c2)C1=O. The third-order valence-electron chi connectivity index (χ3n) is 8.77. The predicted molar refractivity (Wildman–Crippen MR) is 184 cm³/mol. The highest BCUT2D eigenvalue weighted by molar-refractivity contribution is 6.33. The van der Waals surface area contributed by atoms with E-state index in [-0.39, 0.29) is 28.4 Å². The fourth-order valence-corrected chi connectivity index (χ4v) is 6.49. The zero-order chi connectivity index (χ0) is 39.0. The van der Waals surface area contributed by atoms with Gasteiger partial charge in [0.1, 0.15) is 24.3 Å². The van der Waals surface area contributed by atoms with E-state index in [1.54, 1.807) is 24.3 Å². The maximum absolute atomic E-state index is 14.9. The van der Waals surface area contributed by atoms with Gasteiger partial charge in [-0.05, 0) is 54.5 Å². The van der Waals surface area contributed by atoms with Crippen molar-refractivity contribution in [3.8, 4) is 22.5 Å². The number of carbonyl (C=O) groups excluding carboxylic acids is 2. The van der Waals surface area contributed by atoms with Crippen molar-refractivity contribution in [3.05, 3.63) is 83.4 Å². The van der Waals surface area contributed by atoms with Crippen LogP contribution in [0.1, 0.15) is 71.3 Å². The van der Waals surface area contributed by atoms with Crippen molar-refractivity contribution >= 4 is 23.6 Å². The number of nitrogens with zero attached hydrogens (tertiary/aromatic N) is 5. The number of carbonyl (C=O) groups is 2. The molecule has 0 aliphatic carbocycles. The van der Waals surface area contributed by atoms with Crippen molar-refractivity contribution in [1.82, 2.24) is 34.9 Å². The molecular formula is C35H39ClF6N8O3. The topological polar surface area (TPSA) is 132 Å². The van der Waals surface area contributed by atoms with Gasteiger partial charge in [0.25, 0.3) is 12.3 Å². The summed E-state index contributed by atoms with van der Waals surface area (Å²) in [6.07, 6.45) is -0.460. The molecule has 3 heterocycles. The Labute approximate surface area is 306 Å². The summed E-state index contributed by atoms with van der Waals surface area (Å²) in [5.41, 5.74) is 4.51. The minimum absolute atomic E-state index is 0.0504. The predicted octanol–water partition coefficient (Wildman–Crippen LogP) is 7.67. The van der Waals surface area contributed by atoms with Crippen molar-refractivity contribution in [2.24, 2.45) is 11.1 Å². The first-order valence-corrected chi connectivity index (χ1v) is 16.7. The van der Waals surface area contributed by atoms with E-state index in [0.29, 0.717) is 25.9 Å². The zero-order valence-corrected chi connectivity index (χ0v) is 30.1. The molecule has 0 spiro atoms. The lowest BCUT2D eigenvalue weighted by Crippen LogP contribution is -2.50. The number of hydrogen-bond donors (Lipinski definition) is 3. The summed E-state index contributed by atoms with van der Waals surface area (Å²) < 4.78 is 87.8. The molecule has 2 aromatic carbocycles. The first-order valence-electron chi connectivity index (χ1n) is 16.4. The molecule has 53 heavy (non-hydrogen) atoms. The molecule has 0 saturated carbocycles. The number of imidazole rings is 1. The van der Waals surface area contributed by atoms with Crippen LogP contribution < -0.4 is 16.4 Å². The molecule has 4 N–H and O–H groups in total. The lowest BCUT2D eigenvalue weighted by atomic mass is 9.75. The summed E-state index contributed by atoms with van der Waals surface area (Å²) in [4.78, 5) is 33.1. The van der Waals surface area contributed by atoms with E-state index in [4.69, 9.17) is 22.1 Å². The molecule has 0 radical (unpaired) electrons. The van der Waals surface area contributed by atoms with Crippen LogP contribution in [0.2, 0.25) is 5.02 Å². The molecule has 1 aliphatic rings. The minimum atomic E-state index is -2.96. The number of ether oxygens (including phenoxy) is 1. The number of alkyl carbamates (subject to hydrolysis) is 1. The van der Waals surface area contributed by atoms with Crippen LogP contribution in [0.3, 0.4) is 0 Å². The normalized spacial score (nSPS) is 18.8. The van der Waals surface area contributed by atoms with E-state index in [1.807, 2.05) is 20.8 Å². The van der Waals surface area contributed by atoms with Gasteiger partial charge < -0.3 is 15.0 Å². The van der Waals surface area contributed by atoms with Crippen LogP contribution in [0.25, 0.3) is 22.5 Å². The van der Waals surface area contributed by atoms with Crippen LogP contribution in [0.15, 0.2) is 67.3 Å². The van der Waals surface area contributed by atoms with Gasteiger partial charge in [0.15, 0.2) is 0 Å².